The Morgan fingerprint density at radius 1 is 0.370 bits per heavy atom. The number of benzene rings is 3. The van der Waals surface area contributed by atoms with Gasteiger partial charge in [0.25, 0.3) is 0 Å². The highest BCUT2D eigenvalue weighted by Crippen LogP contribution is 2.47. The highest BCUT2D eigenvalue weighted by Gasteiger charge is 2.25. The molecule has 0 spiro atoms. The second kappa shape index (κ2) is 19.5. The molecule has 0 amide bonds. The van der Waals surface area contributed by atoms with E-state index >= 15 is 0 Å². The van der Waals surface area contributed by atoms with Gasteiger partial charge in [-0.05, 0) is 129 Å². The molecule has 4 nitrogen and oxygen atoms in total. The van der Waals surface area contributed by atoms with E-state index in [1.54, 1.807) is 0 Å². The monoisotopic (exact) mass is 627 g/mol. The molecule has 0 fully saturated rings. The van der Waals surface area contributed by atoms with Gasteiger partial charge in [-0.25, -0.2) is 0 Å². The first-order valence-corrected chi connectivity index (χ1v) is 18.9. The van der Waals surface area contributed by atoms with Crippen molar-refractivity contribution in [3.63, 3.8) is 0 Å². The summed E-state index contributed by atoms with van der Waals surface area (Å²) in [7, 11) is 0. The number of hydrogen-bond donors (Lipinski definition) is 3. The smallest absolute Gasteiger partial charge is 0.0696 e. The van der Waals surface area contributed by atoms with Crippen molar-refractivity contribution in [1.29, 1.82) is 0 Å². The lowest BCUT2D eigenvalue weighted by molar-refractivity contribution is 0.758. The molecule has 254 valence electrons. The zero-order valence-electron chi connectivity index (χ0n) is 30.4. The predicted octanol–water partition coefficient (Wildman–Crippen LogP) is 12.0. The van der Waals surface area contributed by atoms with Crippen molar-refractivity contribution in [2.24, 2.45) is 0 Å². The molecule has 0 bridgehead atoms. The summed E-state index contributed by atoms with van der Waals surface area (Å²) < 4.78 is 0. The molecule has 46 heavy (non-hydrogen) atoms. The van der Waals surface area contributed by atoms with Gasteiger partial charge in [0.2, 0.25) is 0 Å². The predicted molar refractivity (Wildman–Crippen MR) is 206 cm³/mol. The van der Waals surface area contributed by atoms with E-state index in [-0.39, 0.29) is 0 Å². The number of nitrogens with two attached hydrogens (primary N) is 3. The van der Waals surface area contributed by atoms with Crippen LogP contribution in [0.1, 0.15) is 152 Å². The highest BCUT2D eigenvalue weighted by molar-refractivity contribution is 5.94. The van der Waals surface area contributed by atoms with Crippen molar-refractivity contribution in [3.8, 4) is 0 Å². The van der Waals surface area contributed by atoms with E-state index in [2.05, 4.69) is 82.8 Å². The van der Waals surface area contributed by atoms with Crippen LogP contribution >= 0.6 is 0 Å². The van der Waals surface area contributed by atoms with E-state index in [1.807, 2.05) is 0 Å². The van der Waals surface area contributed by atoms with Crippen LogP contribution in [-0.2, 0) is 38.5 Å². The summed E-state index contributed by atoms with van der Waals surface area (Å²) in [6, 6.07) is 13.7. The molecule has 0 aromatic heterocycles. The summed E-state index contributed by atoms with van der Waals surface area (Å²) in [4.78, 5) is 2.32. The molecule has 3 rings (SSSR count). The Morgan fingerprint density at radius 3 is 0.848 bits per heavy atom. The maximum atomic E-state index is 7.28. The molecule has 4 heteroatoms. The van der Waals surface area contributed by atoms with Crippen molar-refractivity contribution in [2.45, 2.75) is 157 Å². The van der Waals surface area contributed by atoms with Crippen LogP contribution < -0.4 is 22.1 Å². The van der Waals surface area contributed by atoms with Crippen LogP contribution in [0, 0.1) is 0 Å². The van der Waals surface area contributed by atoms with Crippen LogP contribution in [0.2, 0.25) is 0 Å². The van der Waals surface area contributed by atoms with Crippen molar-refractivity contribution in [2.75, 3.05) is 22.1 Å². The van der Waals surface area contributed by atoms with E-state index in [0.717, 1.165) is 111 Å². The molecular weight excluding hydrogens is 560 g/mol. The van der Waals surface area contributed by atoms with Crippen LogP contribution in [0.25, 0.3) is 0 Å². The van der Waals surface area contributed by atoms with Crippen molar-refractivity contribution in [1.82, 2.24) is 0 Å². The van der Waals surface area contributed by atoms with E-state index in [9.17, 15) is 0 Å². The van der Waals surface area contributed by atoms with E-state index in [0.29, 0.717) is 0 Å². The maximum absolute atomic E-state index is 7.28. The third kappa shape index (κ3) is 9.23. The molecule has 0 aliphatic heterocycles. The number of anilines is 6. The normalized spacial score (nSPS) is 11.3. The molecule has 0 aliphatic carbocycles. The van der Waals surface area contributed by atoms with Gasteiger partial charge in [0.15, 0.2) is 0 Å². The minimum Gasteiger partial charge on any atom is -0.397 e. The minimum absolute atomic E-state index is 0.871. The molecule has 0 radical (unpaired) electrons. The van der Waals surface area contributed by atoms with Crippen LogP contribution in [0.4, 0.5) is 34.1 Å². The van der Waals surface area contributed by atoms with Gasteiger partial charge in [-0.1, -0.05) is 98.3 Å². The van der Waals surface area contributed by atoms with Gasteiger partial charge < -0.3 is 22.1 Å². The first-order chi connectivity index (χ1) is 22.4. The number of hydrogen-bond acceptors (Lipinski definition) is 4. The van der Waals surface area contributed by atoms with Crippen LogP contribution in [0.15, 0.2) is 36.4 Å². The Hall–Kier alpha value is -3.14. The lowest BCUT2D eigenvalue weighted by atomic mass is 9.92. The molecule has 3 aromatic carbocycles. The van der Waals surface area contributed by atoms with Gasteiger partial charge in [0, 0.05) is 0 Å². The van der Waals surface area contributed by atoms with Crippen LogP contribution in [-0.4, -0.2) is 0 Å². The average molecular weight is 627 g/mol. The minimum atomic E-state index is 0.871. The number of nitrogen functional groups attached to an aromatic ring is 3. The van der Waals surface area contributed by atoms with Gasteiger partial charge in [0.05, 0.1) is 34.1 Å². The van der Waals surface area contributed by atoms with Gasteiger partial charge >= 0.3 is 0 Å². The van der Waals surface area contributed by atoms with Gasteiger partial charge in [-0.2, -0.15) is 0 Å². The summed E-state index contributed by atoms with van der Waals surface area (Å²) in [6.45, 7) is 13.6. The van der Waals surface area contributed by atoms with Gasteiger partial charge in [-0.15, -0.1) is 0 Å². The molecule has 0 aliphatic rings. The van der Waals surface area contributed by atoms with Crippen molar-refractivity contribution >= 4 is 34.1 Å². The molecule has 3 aromatic rings. The van der Waals surface area contributed by atoms with E-state index in [4.69, 9.17) is 17.2 Å². The second-order valence-corrected chi connectivity index (χ2v) is 13.4. The Kier molecular flexibility index (Phi) is 15.8. The third-order valence-corrected chi connectivity index (χ3v) is 9.76. The van der Waals surface area contributed by atoms with Crippen molar-refractivity contribution < 1.29 is 0 Å². The fourth-order valence-corrected chi connectivity index (χ4v) is 6.82. The first kappa shape index (κ1) is 37.3. The fourth-order valence-electron chi connectivity index (χ4n) is 6.82. The molecular formula is C42H66N4. The van der Waals surface area contributed by atoms with Gasteiger partial charge in [0.1, 0.15) is 0 Å². The molecule has 0 saturated carbocycles. The fraction of sp³-hybridized carbons (Fsp3) is 0.571. The Balaban J connectivity index is 2.37. The maximum Gasteiger partial charge on any atom is 0.0696 e. The van der Waals surface area contributed by atoms with E-state index in [1.165, 1.54) is 71.9 Å². The highest BCUT2D eigenvalue weighted by atomic mass is 15.2. The quantitative estimate of drug-likeness (QED) is 0.103. The zero-order valence-corrected chi connectivity index (χ0v) is 30.4. The standard InChI is InChI=1S/C42H66N4/c1-7-13-19-31-25-28-37(40(43)34(31)22-16-10-4)46(38-29-26-32(20-14-8-2)35(41(38)44)23-17-11-5)39-30-27-33(21-15-9-3)36(42(39)45)24-18-12-6/h25-30H,7-24,43-45H2,1-6H3. The summed E-state index contributed by atoms with van der Waals surface area (Å²) >= 11 is 0. The summed E-state index contributed by atoms with van der Waals surface area (Å²) in [5.41, 5.74) is 35.5. The Bertz CT molecular complexity index is 1190. The lowest BCUT2D eigenvalue weighted by Crippen LogP contribution is -2.19. The number of aryl methyl sites for hydroxylation is 3. The third-order valence-electron chi connectivity index (χ3n) is 9.76. The second-order valence-electron chi connectivity index (χ2n) is 13.4. The Labute approximate surface area is 282 Å². The topological polar surface area (TPSA) is 81.3 Å². The molecule has 0 heterocycles. The molecule has 6 N–H and O–H groups in total. The molecule has 0 saturated heterocycles. The molecule has 0 unspecified atom stereocenters. The zero-order chi connectivity index (χ0) is 33.5. The average Bonchev–Trinajstić information content (AvgIpc) is 3.06. The lowest BCUT2D eigenvalue weighted by Gasteiger charge is -2.32. The number of unbranched alkanes of at least 4 members (excludes halogenated alkanes) is 6. The van der Waals surface area contributed by atoms with Crippen LogP contribution in [0.3, 0.4) is 0 Å². The first-order valence-electron chi connectivity index (χ1n) is 18.9. The summed E-state index contributed by atoms with van der Waals surface area (Å²) in [6.07, 6.45) is 20.0. The summed E-state index contributed by atoms with van der Waals surface area (Å²) in [5.74, 6) is 0. The van der Waals surface area contributed by atoms with E-state index < -0.39 is 0 Å². The number of nitrogens with zero attached hydrogens (tertiary/aromatic N) is 1. The van der Waals surface area contributed by atoms with Crippen molar-refractivity contribution in [3.05, 3.63) is 69.8 Å². The summed E-state index contributed by atoms with van der Waals surface area (Å²) in [5, 5.41) is 0. The largest absolute Gasteiger partial charge is 0.397 e. The molecule has 0 atom stereocenters. The number of rotatable bonds is 21. The SMILES string of the molecule is CCCCc1ccc(N(c2ccc(CCCC)c(CCCC)c2N)c2ccc(CCCC)c(CCCC)c2N)c(N)c1CCCC. The van der Waals surface area contributed by atoms with Gasteiger partial charge in [-0.3, -0.25) is 0 Å². The Morgan fingerprint density at radius 2 is 0.609 bits per heavy atom. The van der Waals surface area contributed by atoms with Crippen LogP contribution in [0.5, 0.6) is 0 Å².